The molecule has 0 radical (unpaired) electrons. The summed E-state index contributed by atoms with van der Waals surface area (Å²) in [5, 5.41) is 8.32. The van der Waals surface area contributed by atoms with Crippen molar-refractivity contribution in [2.75, 3.05) is 14.2 Å². The summed E-state index contributed by atoms with van der Waals surface area (Å²) in [6, 6.07) is 4.76. The molecule has 13 heavy (non-hydrogen) atoms. The van der Waals surface area contributed by atoms with Crippen LogP contribution in [-0.2, 0) is 4.84 Å². The smallest absolute Gasteiger partial charge is 0.354 e. The third kappa shape index (κ3) is 5.77. The lowest BCUT2D eigenvalue weighted by atomic mass is 10.4. The van der Waals surface area contributed by atoms with Crippen molar-refractivity contribution in [2.45, 2.75) is 0 Å². The molecule has 0 aromatic carbocycles. The number of nitrogens with zero attached hydrogens (tertiary/aromatic N) is 1. The molecule has 2 N–H and O–H groups in total. The fourth-order valence-corrected chi connectivity index (χ4v) is 0.489. The lowest BCUT2D eigenvalue weighted by Gasteiger charge is -1.87. The van der Waals surface area contributed by atoms with Crippen molar-refractivity contribution in [3.05, 3.63) is 30.1 Å². The molecule has 1 aromatic heterocycles. The summed E-state index contributed by atoms with van der Waals surface area (Å²) < 4.78 is 0. The number of carbonyl (C=O) groups is 1. The number of carboxylic acid groups (broad SMARTS) is 1. The van der Waals surface area contributed by atoms with E-state index in [-0.39, 0.29) is 5.69 Å². The Morgan fingerprint density at radius 3 is 2.46 bits per heavy atom. The van der Waals surface area contributed by atoms with Crippen LogP contribution in [0.5, 0.6) is 0 Å². The molecule has 0 aliphatic heterocycles. The minimum atomic E-state index is -0.990. The molecule has 0 atom stereocenters. The van der Waals surface area contributed by atoms with Crippen LogP contribution >= 0.6 is 0 Å². The predicted octanol–water partition coefficient (Wildman–Crippen LogP) is 0.547. The number of aromatic nitrogens is 1. The molecule has 1 rings (SSSR count). The van der Waals surface area contributed by atoms with Gasteiger partial charge in [0.25, 0.3) is 0 Å². The number of pyridine rings is 1. The second kappa shape index (κ2) is 7.20. The number of carboxylic acids is 1. The van der Waals surface area contributed by atoms with Crippen LogP contribution in [0, 0.1) is 0 Å². The number of hydrogen-bond acceptors (Lipinski definition) is 4. The zero-order chi connectivity index (χ0) is 10.1. The van der Waals surface area contributed by atoms with Gasteiger partial charge >= 0.3 is 5.97 Å². The van der Waals surface area contributed by atoms with E-state index in [9.17, 15) is 4.79 Å². The van der Waals surface area contributed by atoms with E-state index in [1.54, 1.807) is 26.3 Å². The molecule has 5 heteroatoms. The molecule has 72 valence electrons. The van der Waals surface area contributed by atoms with Crippen LogP contribution in [0.2, 0.25) is 0 Å². The van der Waals surface area contributed by atoms with Gasteiger partial charge in [-0.15, -0.1) is 0 Å². The van der Waals surface area contributed by atoms with Gasteiger partial charge in [-0.1, -0.05) is 6.07 Å². The quantitative estimate of drug-likeness (QED) is 0.656. The maximum absolute atomic E-state index is 10.1. The fourth-order valence-electron chi connectivity index (χ4n) is 0.489. The predicted molar refractivity (Wildman–Crippen MR) is 47.3 cm³/mol. The summed E-state index contributed by atoms with van der Waals surface area (Å²) in [5.41, 5.74) is 2.51. The maximum Gasteiger partial charge on any atom is 0.354 e. The third-order valence-electron chi connectivity index (χ3n) is 1.09. The first kappa shape index (κ1) is 11.5. The van der Waals surface area contributed by atoms with Gasteiger partial charge in [0.1, 0.15) is 5.69 Å². The Balaban J connectivity index is 0.000000310. The van der Waals surface area contributed by atoms with Gasteiger partial charge in [0.2, 0.25) is 0 Å². The first-order valence-electron chi connectivity index (χ1n) is 3.56. The van der Waals surface area contributed by atoms with E-state index >= 15 is 0 Å². The summed E-state index contributed by atoms with van der Waals surface area (Å²) in [5.74, 6) is -0.990. The van der Waals surface area contributed by atoms with Crippen molar-refractivity contribution in [3.63, 3.8) is 0 Å². The molecule has 0 saturated carbocycles. The number of nitrogens with one attached hydrogen (secondary N) is 1. The summed E-state index contributed by atoms with van der Waals surface area (Å²) in [6.07, 6.45) is 1.45. The molecule has 0 aliphatic rings. The number of rotatable bonds is 2. The minimum Gasteiger partial charge on any atom is -0.477 e. The van der Waals surface area contributed by atoms with Crippen molar-refractivity contribution < 1.29 is 14.7 Å². The highest BCUT2D eigenvalue weighted by Crippen LogP contribution is 1.90. The van der Waals surface area contributed by atoms with Crippen LogP contribution in [0.3, 0.4) is 0 Å². The normalized spacial score (nSPS) is 8.46. The second-order valence-corrected chi connectivity index (χ2v) is 1.93. The largest absolute Gasteiger partial charge is 0.477 e. The Morgan fingerprint density at radius 2 is 2.23 bits per heavy atom. The number of aromatic carboxylic acids is 1. The Morgan fingerprint density at radius 1 is 1.62 bits per heavy atom. The molecule has 5 nitrogen and oxygen atoms in total. The van der Waals surface area contributed by atoms with Crippen LogP contribution in [-0.4, -0.2) is 30.2 Å². The van der Waals surface area contributed by atoms with E-state index in [0.29, 0.717) is 0 Å². The van der Waals surface area contributed by atoms with Crippen LogP contribution in [0.25, 0.3) is 0 Å². The highest BCUT2D eigenvalue weighted by molar-refractivity contribution is 5.85. The Kier molecular flexibility index (Phi) is 6.39. The van der Waals surface area contributed by atoms with Crippen molar-refractivity contribution in [1.82, 2.24) is 10.5 Å². The Bertz CT molecular complexity index is 236. The molecular formula is C8H12N2O3. The third-order valence-corrected chi connectivity index (χ3v) is 1.09. The van der Waals surface area contributed by atoms with E-state index in [0.717, 1.165) is 0 Å². The zero-order valence-corrected chi connectivity index (χ0v) is 7.52. The summed E-state index contributed by atoms with van der Waals surface area (Å²) in [7, 11) is 3.28. The van der Waals surface area contributed by atoms with Gasteiger partial charge in [-0.05, 0) is 12.1 Å². The average molecular weight is 184 g/mol. The van der Waals surface area contributed by atoms with E-state index < -0.39 is 5.97 Å². The molecule has 0 amide bonds. The molecule has 0 saturated heterocycles. The zero-order valence-electron chi connectivity index (χ0n) is 7.52. The molecular weight excluding hydrogens is 172 g/mol. The highest BCUT2D eigenvalue weighted by atomic mass is 16.6. The summed E-state index contributed by atoms with van der Waals surface area (Å²) in [4.78, 5) is 18.0. The van der Waals surface area contributed by atoms with E-state index in [4.69, 9.17) is 5.11 Å². The Labute approximate surface area is 76.3 Å². The number of hydroxylamine groups is 1. The van der Waals surface area contributed by atoms with Gasteiger partial charge in [-0.2, -0.15) is 0 Å². The van der Waals surface area contributed by atoms with Crippen molar-refractivity contribution >= 4 is 5.97 Å². The van der Waals surface area contributed by atoms with Gasteiger partial charge < -0.3 is 9.94 Å². The van der Waals surface area contributed by atoms with Crippen LogP contribution in [0.15, 0.2) is 24.4 Å². The van der Waals surface area contributed by atoms with Crippen molar-refractivity contribution in [2.24, 2.45) is 0 Å². The molecule has 0 unspecified atom stereocenters. The average Bonchev–Trinajstić information content (AvgIpc) is 2.19. The molecule has 1 aromatic rings. The summed E-state index contributed by atoms with van der Waals surface area (Å²) in [6.45, 7) is 0. The lowest BCUT2D eigenvalue weighted by molar-refractivity contribution is 0.0690. The van der Waals surface area contributed by atoms with Crippen molar-refractivity contribution in [3.8, 4) is 0 Å². The first-order valence-corrected chi connectivity index (χ1v) is 3.56. The second-order valence-electron chi connectivity index (χ2n) is 1.93. The van der Waals surface area contributed by atoms with Crippen LogP contribution < -0.4 is 5.48 Å². The first-order chi connectivity index (χ1) is 6.22. The highest BCUT2D eigenvalue weighted by Gasteiger charge is 1.98. The molecule has 0 aliphatic carbocycles. The molecule has 0 bridgehead atoms. The standard InChI is InChI=1S/C6H5NO2.C2H7NO/c8-6(9)5-3-1-2-4-7-5;1-3-4-2/h1-4H,(H,8,9);3H,1-2H3. The molecule has 0 spiro atoms. The number of hydrogen-bond donors (Lipinski definition) is 2. The summed E-state index contributed by atoms with van der Waals surface area (Å²) >= 11 is 0. The van der Waals surface area contributed by atoms with Gasteiger partial charge in [0, 0.05) is 13.2 Å². The SMILES string of the molecule is CNOC.O=C(O)c1ccccn1. The maximum atomic E-state index is 10.1. The van der Waals surface area contributed by atoms with Gasteiger partial charge in [-0.25, -0.2) is 15.3 Å². The minimum absolute atomic E-state index is 0.0810. The van der Waals surface area contributed by atoms with E-state index in [1.165, 1.54) is 12.3 Å². The van der Waals surface area contributed by atoms with E-state index in [2.05, 4.69) is 15.3 Å². The van der Waals surface area contributed by atoms with Crippen LogP contribution in [0.4, 0.5) is 0 Å². The van der Waals surface area contributed by atoms with Crippen molar-refractivity contribution in [1.29, 1.82) is 0 Å². The van der Waals surface area contributed by atoms with Gasteiger partial charge in [0.15, 0.2) is 0 Å². The topological polar surface area (TPSA) is 71.5 Å². The van der Waals surface area contributed by atoms with Crippen LogP contribution in [0.1, 0.15) is 10.5 Å². The van der Waals surface area contributed by atoms with E-state index in [1.807, 2.05) is 0 Å². The molecule has 0 fully saturated rings. The lowest BCUT2D eigenvalue weighted by Crippen LogP contribution is -2.00. The fraction of sp³-hybridized carbons (Fsp3) is 0.250. The Hall–Kier alpha value is -1.46. The van der Waals surface area contributed by atoms with Gasteiger partial charge in [-0.3, -0.25) is 0 Å². The van der Waals surface area contributed by atoms with Gasteiger partial charge in [0.05, 0.1) is 7.11 Å². The monoisotopic (exact) mass is 184 g/mol. The molecule has 1 heterocycles.